The molecule has 0 radical (unpaired) electrons. The molecule has 0 spiro atoms. The van der Waals surface area contributed by atoms with Crippen LogP contribution in [0.2, 0.25) is 0 Å². The Kier molecular flexibility index (Phi) is 16.5. The number of rotatable bonds is 19. The second-order valence-corrected chi connectivity index (χ2v) is 12.4. The third-order valence-corrected chi connectivity index (χ3v) is 8.89. The minimum atomic E-state index is 0.901. The van der Waals surface area contributed by atoms with Gasteiger partial charge in [0.15, 0.2) is 0 Å². The van der Waals surface area contributed by atoms with Crippen molar-refractivity contribution >= 4 is 11.4 Å². The van der Waals surface area contributed by atoms with Crippen LogP contribution < -0.4 is 0 Å². The molecule has 2 heteroatoms. The van der Waals surface area contributed by atoms with Gasteiger partial charge >= 0.3 is 5.87 Å². The molecule has 0 saturated carbocycles. The summed E-state index contributed by atoms with van der Waals surface area (Å²) in [6.07, 6.45) is 18.3. The van der Waals surface area contributed by atoms with Gasteiger partial charge in [-0.2, -0.15) is 0 Å². The first-order valence-electron chi connectivity index (χ1n) is 17.3. The van der Waals surface area contributed by atoms with Crippen molar-refractivity contribution < 1.29 is 4.79 Å². The maximum atomic E-state index is 9.84. The van der Waals surface area contributed by atoms with Crippen molar-refractivity contribution in [2.24, 2.45) is 0 Å². The number of benzene rings is 2. The number of aryl methyl sites for hydroxylation is 4. The van der Waals surface area contributed by atoms with E-state index in [0.29, 0.717) is 0 Å². The van der Waals surface area contributed by atoms with Gasteiger partial charge in [-0.25, -0.2) is 0 Å². The molecule has 0 saturated heterocycles. The van der Waals surface area contributed by atoms with Crippen LogP contribution in [0.15, 0.2) is 35.4 Å². The predicted molar refractivity (Wildman–Crippen MR) is 185 cm³/mol. The lowest BCUT2D eigenvalue weighted by Crippen LogP contribution is -2.07. The van der Waals surface area contributed by atoms with Crippen LogP contribution in [-0.4, -0.2) is 10.7 Å². The summed E-state index contributed by atoms with van der Waals surface area (Å²) in [6, 6.07) is 9.83. The molecular weight excluding hydrogens is 508 g/mol. The zero-order chi connectivity index (χ0) is 30.9. The minimum Gasteiger partial charge on any atom is -0.348 e. The third-order valence-electron chi connectivity index (χ3n) is 8.89. The molecule has 0 aliphatic rings. The molecule has 0 amide bonds. The van der Waals surface area contributed by atoms with Crippen LogP contribution in [0.25, 0.3) is 11.1 Å². The lowest BCUT2D eigenvalue weighted by atomic mass is 9.81. The molecule has 230 valence electrons. The molecule has 0 aromatic heterocycles. The van der Waals surface area contributed by atoms with Crippen molar-refractivity contribution in [1.29, 1.82) is 0 Å². The van der Waals surface area contributed by atoms with Crippen molar-refractivity contribution in [2.45, 2.75) is 158 Å². The molecule has 0 bridgehead atoms. The Balaban J connectivity index is 3.02. The van der Waals surface area contributed by atoms with Gasteiger partial charge in [-0.15, -0.1) is 4.79 Å². The van der Waals surface area contributed by atoms with Crippen molar-refractivity contribution in [3.63, 3.8) is 0 Å². The molecule has 2 nitrogen and oxygen atoms in total. The Morgan fingerprint density at radius 3 is 1.60 bits per heavy atom. The van der Waals surface area contributed by atoms with Gasteiger partial charge in [0.25, 0.3) is 0 Å². The summed E-state index contributed by atoms with van der Waals surface area (Å²) >= 11 is 0. The normalized spacial score (nSPS) is 11.7. The first-order chi connectivity index (χ1) is 20.4. The van der Waals surface area contributed by atoms with Crippen molar-refractivity contribution in [3.05, 3.63) is 85.5 Å². The Morgan fingerprint density at radius 1 is 0.619 bits per heavy atom. The Labute approximate surface area is 259 Å². The third kappa shape index (κ3) is 10.3. The average Bonchev–Trinajstić information content (AvgIpc) is 2.97. The molecule has 0 N–H and O–H groups in total. The number of unbranched alkanes of at least 4 members (excludes halogenated alkanes) is 6. The summed E-state index contributed by atoms with van der Waals surface area (Å²) in [5.74, 6) is 3.11. The summed E-state index contributed by atoms with van der Waals surface area (Å²) in [5, 5.41) is 0. The fraction of sp³-hybridized carbons (Fsp3) is 0.600. The molecule has 2 aromatic carbocycles. The largest absolute Gasteiger partial charge is 0.348 e. The van der Waals surface area contributed by atoms with Gasteiger partial charge in [-0.3, -0.25) is 0 Å². The van der Waals surface area contributed by atoms with E-state index in [1.807, 2.05) is 0 Å². The van der Waals surface area contributed by atoms with Crippen molar-refractivity contribution in [1.82, 2.24) is 0 Å². The van der Waals surface area contributed by atoms with Gasteiger partial charge in [-0.1, -0.05) is 117 Å². The lowest BCUT2D eigenvalue weighted by molar-refractivity contribution is 0.00739. The van der Waals surface area contributed by atoms with Gasteiger partial charge < -0.3 is 5.53 Å². The van der Waals surface area contributed by atoms with Crippen LogP contribution in [0.5, 0.6) is 0 Å². The van der Waals surface area contributed by atoms with Crippen molar-refractivity contribution in [3.8, 4) is 0 Å². The molecule has 42 heavy (non-hydrogen) atoms. The first-order valence-corrected chi connectivity index (χ1v) is 17.3. The number of nitrogens with zero attached hydrogens (tertiary/aromatic N) is 2. The van der Waals surface area contributed by atoms with E-state index in [0.717, 1.165) is 63.4 Å². The average molecular weight is 569 g/mol. The highest BCUT2D eigenvalue weighted by atomic mass is 14.8. The lowest BCUT2D eigenvalue weighted by Gasteiger charge is -2.23. The van der Waals surface area contributed by atoms with Crippen LogP contribution in [0.1, 0.15) is 163 Å². The molecule has 0 atom stereocenters. The fourth-order valence-corrected chi connectivity index (χ4v) is 6.41. The molecule has 0 unspecified atom stereocenters. The molecule has 0 aliphatic carbocycles. The molecule has 2 aromatic rings. The van der Waals surface area contributed by atoms with E-state index in [1.54, 1.807) is 5.56 Å². The molecule has 0 heterocycles. The SMILES string of the molecule is CCCCCCC(=C=[N+]=[N-])C(CCCCCC)=C(c1cc(C)c(C)c(C)c1)c1cc(CCC)c(CCC)c(CCC)c1. The molecule has 0 aliphatic heterocycles. The van der Waals surface area contributed by atoms with E-state index in [2.05, 4.69) is 90.3 Å². The zero-order valence-electron chi connectivity index (χ0n) is 28.5. The second-order valence-electron chi connectivity index (χ2n) is 12.4. The topological polar surface area (TPSA) is 36.4 Å². The summed E-state index contributed by atoms with van der Waals surface area (Å²) < 4.78 is 0. The summed E-state index contributed by atoms with van der Waals surface area (Å²) in [7, 11) is 0. The van der Waals surface area contributed by atoms with Crippen LogP contribution >= 0.6 is 0 Å². The van der Waals surface area contributed by atoms with Gasteiger partial charge in [0.2, 0.25) is 0 Å². The highest BCUT2D eigenvalue weighted by molar-refractivity contribution is 5.88. The Bertz CT molecular complexity index is 1200. The van der Waals surface area contributed by atoms with Gasteiger partial charge in [0.05, 0.1) is 5.57 Å². The summed E-state index contributed by atoms with van der Waals surface area (Å²) in [4.78, 5) is 3.53. The predicted octanol–water partition coefficient (Wildman–Crippen LogP) is 12.0. The van der Waals surface area contributed by atoms with E-state index in [1.165, 1.54) is 95.0 Å². The molecular formula is C40H60N2. The highest BCUT2D eigenvalue weighted by Gasteiger charge is 2.21. The van der Waals surface area contributed by atoms with Gasteiger partial charge in [-0.05, 0) is 121 Å². The Morgan fingerprint density at radius 2 is 1.12 bits per heavy atom. The number of hydrogen-bond donors (Lipinski definition) is 0. The molecule has 0 fully saturated rings. The van der Waals surface area contributed by atoms with Gasteiger partial charge in [0.1, 0.15) is 0 Å². The second kappa shape index (κ2) is 19.5. The van der Waals surface area contributed by atoms with Crippen LogP contribution in [0.4, 0.5) is 0 Å². The summed E-state index contributed by atoms with van der Waals surface area (Å²) in [6.45, 7) is 18.2. The minimum absolute atomic E-state index is 0.901. The molecule has 2 rings (SSSR count). The standard InChI is InChI=1S/C40H60N2/c1-9-14-16-18-23-35(29-42-41)39(24-19-17-15-10-2)40(36-25-30(6)32(8)31(7)26-36)37-27-33(20-11-3)38(22-13-5)34(28-37)21-12-4/h25-28H,9-24H2,1-8H3. The van der Waals surface area contributed by atoms with E-state index in [9.17, 15) is 5.53 Å². The zero-order valence-corrected chi connectivity index (χ0v) is 28.5. The van der Waals surface area contributed by atoms with E-state index in [4.69, 9.17) is 0 Å². The van der Waals surface area contributed by atoms with E-state index >= 15 is 0 Å². The number of allylic oxidation sites excluding steroid dienone is 2. The fourth-order valence-electron chi connectivity index (χ4n) is 6.41. The maximum absolute atomic E-state index is 9.84. The van der Waals surface area contributed by atoms with Crippen LogP contribution in [0, 0.1) is 20.8 Å². The highest BCUT2D eigenvalue weighted by Crippen LogP contribution is 2.38. The van der Waals surface area contributed by atoms with E-state index in [-0.39, 0.29) is 0 Å². The van der Waals surface area contributed by atoms with Crippen LogP contribution in [0.3, 0.4) is 0 Å². The quantitative estimate of drug-likeness (QED) is 0.0531. The van der Waals surface area contributed by atoms with Crippen LogP contribution in [-0.2, 0) is 19.3 Å². The maximum Gasteiger partial charge on any atom is 0.303 e. The van der Waals surface area contributed by atoms with Crippen molar-refractivity contribution in [2.75, 3.05) is 0 Å². The van der Waals surface area contributed by atoms with E-state index < -0.39 is 0 Å². The smallest absolute Gasteiger partial charge is 0.303 e. The number of hydrogen-bond acceptors (Lipinski definition) is 0. The first kappa shape index (κ1) is 35.5. The monoisotopic (exact) mass is 568 g/mol. The summed E-state index contributed by atoms with van der Waals surface area (Å²) in [5.41, 5.74) is 24.9. The van der Waals surface area contributed by atoms with Gasteiger partial charge in [0, 0.05) is 0 Å². The Hall–Kier alpha value is -2.66.